The number of hydrogen-bond donors (Lipinski definition) is 3. The number of aromatic nitrogens is 2. The Kier molecular flexibility index (Phi) is 5.88. The molecule has 1 aromatic heterocycles. The van der Waals surface area contributed by atoms with Crippen molar-refractivity contribution in [2.75, 3.05) is 11.9 Å². The molecule has 0 aliphatic carbocycles. The van der Waals surface area contributed by atoms with Crippen LogP contribution in [0.25, 0.3) is 0 Å². The van der Waals surface area contributed by atoms with Crippen LogP contribution in [-0.2, 0) is 5.41 Å². The molecule has 0 fully saturated rings. The monoisotopic (exact) mass is 280 g/mol. The van der Waals surface area contributed by atoms with Gasteiger partial charge in [-0.15, -0.1) is 0 Å². The number of nitrogens with zero attached hydrogens (tertiary/aromatic N) is 2. The molecule has 1 heterocycles. The summed E-state index contributed by atoms with van der Waals surface area (Å²) in [5, 5.41) is 14.7. The molecule has 0 saturated heterocycles. The van der Waals surface area contributed by atoms with Crippen molar-refractivity contribution < 1.29 is 9.90 Å². The van der Waals surface area contributed by atoms with Gasteiger partial charge in [0.2, 0.25) is 0 Å². The lowest BCUT2D eigenvalue weighted by Gasteiger charge is -2.16. The molecule has 0 spiro atoms. The predicted octanol–water partition coefficient (Wildman–Crippen LogP) is 2.06. The first kappa shape index (κ1) is 16.4. The van der Waals surface area contributed by atoms with Crippen molar-refractivity contribution in [1.29, 1.82) is 0 Å². The summed E-state index contributed by atoms with van der Waals surface area (Å²) in [5.74, 6) is 0.731. The molecular weight excluding hydrogens is 256 g/mol. The number of anilines is 1. The fourth-order valence-corrected chi connectivity index (χ4v) is 1.51. The number of carbonyl (C=O) groups is 1. The number of hydrogen-bond acceptors (Lipinski definition) is 4. The highest BCUT2D eigenvalue weighted by Crippen LogP contribution is 2.18. The number of urea groups is 1. The third-order valence-corrected chi connectivity index (χ3v) is 2.81. The summed E-state index contributed by atoms with van der Waals surface area (Å²) in [5.41, 5.74) is 0.434. The largest absolute Gasteiger partial charge is 0.393 e. The quantitative estimate of drug-likeness (QED) is 0.770. The lowest BCUT2D eigenvalue weighted by atomic mass is 9.96. The van der Waals surface area contributed by atoms with Gasteiger partial charge in [0.25, 0.3) is 0 Å². The van der Waals surface area contributed by atoms with E-state index in [4.69, 9.17) is 0 Å². The summed E-state index contributed by atoms with van der Waals surface area (Å²) in [6, 6.07) is -0.319. The average molecular weight is 280 g/mol. The number of carbonyl (C=O) groups excluding carboxylic acids is 1. The molecule has 3 N–H and O–H groups in total. The maximum atomic E-state index is 11.6. The molecule has 112 valence electrons. The van der Waals surface area contributed by atoms with Crippen LogP contribution in [0.15, 0.2) is 12.4 Å². The van der Waals surface area contributed by atoms with Crippen LogP contribution < -0.4 is 10.6 Å². The lowest BCUT2D eigenvalue weighted by molar-refractivity contribution is 0.160. The van der Waals surface area contributed by atoms with E-state index >= 15 is 0 Å². The van der Waals surface area contributed by atoms with Gasteiger partial charge >= 0.3 is 6.03 Å². The maximum absolute atomic E-state index is 11.6. The van der Waals surface area contributed by atoms with Gasteiger partial charge in [-0.2, -0.15) is 0 Å². The van der Waals surface area contributed by atoms with Gasteiger partial charge in [-0.1, -0.05) is 27.7 Å². The second-order valence-electron chi connectivity index (χ2n) is 5.78. The van der Waals surface area contributed by atoms with Gasteiger partial charge in [-0.05, 0) is 12.8 Å². The van der Waals surface area contributed by atoms with Gasteiger partial charge in [-0.3, -0.25) is 0 Å². The molecular formula is C14H24N4O2. The first-order valence-electron chi connectivity index (χ1n) is 6.88. The molecule has 1 aromatic rings. The minimum absolute atomic E-state index is 0.114. The molecule has 0 bridgehead atoms. The van der Waals surface area contributed by atoms with Gasteiger partial charge in [0, 0.05) is 12.0 Å². The minimum Gasteiger partial charge on any atom is -0.393 e. The van der Waals surface area contributed by atoms with Crippen molar-refractivity contribution in [2.24, 2.45) is 0 Å². The van der Waals surface area contributed by atoms with Crippen LogP contribution in [0.3, 0.4) is 0 Å². The molecule has 1 unspecified atom stereocenters. The first-order chi connectivity index (χ1) is 9.32. The van der Waals surface area contributed by atoms with E-state index in [1.807, 2.05) is 27.7 Å². The van der Waals surface area contributed by atoms with Crippen molar-refractivity contribution >= 4 is 11.7 Å². The summed E-state index contributed by atoms with van der Waals surface area (Å²) < 4.78 is 0. The Hall–Kier alpha value is -1.69. The van der Waals surface area contributed by atoms with Gasteiger partial charge < -0.3 is 15.7 Å². The summed E-state index contributed by atoms with van der Waals surface area (Å²) in [6.07, 6.45) is 4.04. The van der Waals surface area contributed by atoms with Gasteiger partial charge in [0.15, 0.2) is 0 Å². The molecule has 20 heavy (non-hydrogen) atoms. The Morgan fingerprint density at radius 3 is 2.45 bits per heavy atom. The summed E-state index contributed by atoms with van der Waals surface area (Å²) in [4.78, 5) is 20.1. The zero-order valence-electron chi connectivity index (χ0n) is 12.6. The number of aliphatic hydroxyl groups excluding tert-OH is 1. The van der Waals surface area contributed by atoms with Crippen LogP contribution in [0.2, 0.25) is 0 Å². The van der Waals surface area contributed by atoms with E-state index in [2.05, 4.69) is 20.6 Å². The van der Waals surface area contributed by atoms with Crippen molar-refractivity contribution in [1.82, 2.24) is 15.3 Å². The predicted molar refractivity (Wildman–Crippen MR) is 78.7 cm³/mol. The lowest BCUT2D eigenvalue weighted by Crippen LogP contribution is -2.31. The molecule has 0 saturated carbocycles. The molecule has 6 heteroatoms. The fraction of sp³-hybridized carbons (Fsp3) is 0.643. The highest BCUT2D eigenvalue weighted by Gasteiger charge is 2.16. The number of aliphatic hydroxyl groups is 1. The van der Waals surface area contributed by atoms with Crippen molar-refractivity contribution in [3.63, 3.8) is 0 Å². The Labute approximate surface area is 120 Å². The SMILES string of the molecule is CCC(O)CCNC(=O)Nc1cnc(C(C)(C)C)nc1. The number of amides is 2. The third kappa shape index (κ3) is 5.52. The van der Waals surface area contributed by atoms with Crippen molar-refractivity contribution in [2.45, 2.75) is 52.1 Å². The van der Waals surface area contributed by atoms with Gasteiger partial charge in [0.05, 0.1) is 24.2 Å². The second kappa shape index (κ2) is 7.19. The van der Waals surface area contributed by atoms with Gasteiger partial charge in [-0.25, -0.2) is 14.8 Å². The van der Waals surface area contributed by atoms with E-state index in [9.17, 15) is 9.90 Å². The average Bonchev–Trinajstić information content (AvgIpc) is 2.38. The maximum Gasteiger partial charge on any atom is 0.319 e. The third-order valence-electron chi connectivity index (χ3n) is 2.81. The molecule has 6 nitrogen and oxygen atoms in total. The fourth-order valence-electron chi connectivity index (χ4n) is 1.51. The van der Waals surface area contributed by atoms with Crippen LogP contribution in [0.5, 0.6) is 0 Å². The van der Waals surface area contributed by atoms with Crippen LogP contribution >= 0.6 is 0 Å². The van der Waals surface area contributed by atoms with E-state index in [1.54, 1.807) is 12.4 Å². The van der Waals surface area contributed by atoms with E-state index < -0.39 is 0 Å². The van der Waals surface area contributed by atoms with Crippen molar-refractivity contribution in [3.8, 4) is 0 Å². The summed E-state index contributed by atoms with van der Waals surface area (Å²) in [6.45, 7) is 8.42. The Bertz CT molecular complexity index is 426. The van der Waals surface area contributed by atoms with Crippen LogP contribution in [-0.4, -0.2) is 33.8 Å². The Morgan fingerprint density at radius 2 is 1.95 bits per heavy atom. The number of rotatable bonds is 5. The van der Waals surface area contributed by atoms with E-state index in [1.165, 1.54) is 0 Å². The Morgan fingerprint density at radius 1 is 1.35 bits per heavy atom. The Balaban J connectivity index is 2.43. The highest BCUT2D eigenvalue weighted by molar-refractivity contribution is 5.88. The first-order valence-corrected chi connectivity index (χ1v) is 6.88. The molecule has 0 aliphatic heterocycles. The van der Waals surface area contributed by atoms with Crippen molar-refractivity contribution in [3.05, 3.63) is 18.2 Å². The smallest absolute Gasteiger partial charge is 0.319 e. The highest BCUT2D eigenvalue weighted by atomic mass is 16.3. The normalized spacial score (nSPS) is 12.8. The molecule has 0 aromatic carbocycles. The van der Waals surface area contributed by atoms with E-state index in [0.29, 0.717) is 25.1 Å². The summed E-state index contributed by atoms with van der Waals surface area (Å²) in [7, 11) is 0. The second-order valence-corrected chi connectivity index (χ2v) is 5.78. The zero-order chi connectivity index (χ0) is 15.2. The topological polar surface area (TPSA) is 87.1 Å². The van der Waals surface area contributed by atoms with E-state index in [0.717, 1.165) is 5.82 Å². The molecule has 0 aliphatic rings. The van der Waals surface area contributed by atoms with Crippen LogP contribution in [0.4, 0.5) is 10.5 Å². The minimum atomic E-state index is -0.371. The molecule has 1 rings (SSSR count). The van der Waals surface area contributed by atoms with Crippen LogP contribution in [0, 0.1) is 0 Å². The molecule has 2 amide bonds. The van der Waals surface area contributed by atoms with Gasteiger partial charge in [0.1, 0.15) is 5.82 Å². The standard InChI is InChI=1S/C14H24N4O2/c1-5-11(19)6-7-15-13(20)18-10-8-16-12(17-9-10)14(2,3)4/h8-9,11,19H,5-7H2,1-4H3,(H2,15,18,20). The van der Waals surface area contributed by atoms with Crippen LogP contribution in [0.1, 0.15) is 46.4 Å². The molecule has 1 atom stereocenters. The summed E-state index contributed by atoms with van der Waals surface area (Å²) >= 11 is 0. The number of nitrogens with one attached hydrogen (secondary N) is 2. The zero-order valence-corrected chi connectivity index (χ0v) is 12.6. The van der Waals surface area contributed by atoms with E-state index in [-0.39, 0.29) is 17.6 Å². The molecule has 0 radical (unpaired) electrons.